The third kappa shape index (κ3) is 6.16. The Balaban J connectivity index is 1.81. The van der Waals surface area contributed by atoms with Crippen LogP contribution in [-0.4, -0.2) is 50.1 Å². The Hall–Kier alpha value is -1.55. The molecule has 24 heavy (non-hydrogen) atoms. The lowest BCUT2D eigenvalue weighted by molar-refractivity contribution is 0.343. The van der Waals surface area contributed by atoms with E-state index in [0.29, 0.717) is 5.92 Å². The number of nitrogens with zero attached hydrogens (tertiary/aromatic N) is 2. The van der Waals surface area contributed by atoms with Gasteiger partial charge in [-0.05, 0) is 58.2 Å². The van der Waals surface area contributed by atoms with Crippen LogP contribution in [0.5, 0.6) is 0 Å². The summed E-state index contributed by atoms with van der Waals surface area (Å²) >= 11 is 0. The zero-order valence-electron chi connectivity index (χ0n) is 15.9. The largest absolute Gasteiger partial charge is 0.357 e. The summed E-state index contributed by atoms with van der Waals surface area (Å²) in [6, 6.07) is 6.77. The van der Waals surface area contributed by atoms with Gasteiger partial charge >= 0.3 is 0 Å². The van der Waals surface area contributed by atoms with Crippen molar-refractivity contribution in [3.8, 4) is 0 Å². The normalized spacial score (nSPS) is 18.8. The first-order valence-corrected chi connectivity index (χ1v) is 9.42. The highest BCUT2D eigenvalue weighted by molar-refractivity contribution is 5.79. The van der Waals surface area contributed by atoms with E-state index in [4.69, 9.17) is 4.99 Å². The van der Waals surface area contributed by atoms with Gasteiger partial charge in [0.2, 0.25) is 0 Å². The molecule has 1 unspecified atom stereocenters. The van der Waals surface area contributed by atoms with Gasteiger partial charge in [-0.25, -0.2) is 0 Å². The van der Waals surface area contributed by atoms with E-state index in [9.17, 15) is 0 Å². The Morgan fingerprint density at radius 2 is 1.92 bits per heavy atom. The van der Waals surface area contributed by atoms with Crippen molar-refractivity contribution < 1.29 is 0 Å². The van der Waals surface area contributed by atoms with E-state index >= 15 is 0 Å². The van der Waals surface area contributed by atoms with Crippen molar-refractivity contribution in [1.29, 1.82) is 0 Å². The number of rotatable bonds is 7. The highest BCUT2D eigenvalue weighted by atomic mass is 15.2. The monoisotopic (exact) mass is 330 g/mol. The van der Waals surface area contributed by atoms with Gasteiger partial charge in [0, 0.05) is 26.2 Å². The van der Waals surface area contributed by atoms with Crippen molar-refractivity contribution in [3.05, 3.63) is 34.9 Å². The minimum Gasteiger partial charge on any atom is -0.357 e. The summed E-state index contributed by atoms with van der Waals surface area (Å²) < 4.78 is 0. The summed E-state index contributed by atoms with van der Waals surface area (Å²) in [5.41, 5.74) is 4.07. The molecule has 0 amide bonds. The van der Waals surface area contributed by atoms with Gasteiger partial charge < -0.3 is 15.5 Å². The molecule has 0 spiro atoms. The lowest BCUT2D eigenvalue weighted by Crippen LogP contribution is -2.38. The zero-order chi connectivity index (χ0) is 17.4. The molecule has 0 bridgehead atoms. The predicted molar refractivity (Wildman–Crippen MR) is 104 cm³/mol. The second-order valence-electron chi connectivity index (χ2n) is 6.94. The molecule has 2 rings (SSSR count). The standard InChI is InChI=1S/C20H34N4/c1-5-21-20(23-14-19-8-10-24(6-2)15-19)22-9-7-18-12-16(3)11-17(4)13-18/h11-13,19H,5-10,14-15H2,1-4H3,(H2,21,22,23). The molecule has 1 saturated heterocycles. The van der Waals surface area contributed by atoms with E-state index in [1.54, 1.807) is 0 Å². The molecule has 0 aromatic heterocycles. The van der Waals surface area contributed by atoms with Crippen LogP contribution in [-0.2, 0) is 6.42 Å². The van der Waals surface area contributed by atoms with E-state index in [1.165, 1.54) is 36.2 Å². The number of hydrogen-bond donors (Lipinski definition) is 2. The van der Waals surface area contributed by atoms with Crippen LogP contribution in [0.4, 0.5) is 0 Å². The first kappa shape index (κ1) is 18.8. The smallest absolute Gasteiger partial charge is 0.191 e. The average Bonchev–Trinajstić information content (AvgIpc) is 3.00. The molecule has 1 atom stereocenters. The Morgan fingerprint density at radius 3 is 2.54 bits per heavy atom. The van der Waals surface area contributed by atoms with Crippen molar-refractivity contribution in [2.24, 2.45) is 10.9 Å². The zero-order valence-corrected chi connectivity index (χ0v) is 15.9. The fourth-order valence-electron chi connectivity index (χ4n) is 3.45. The topological polar surface area (TPSA) is 39.7 Å². The van der Waals surface area contributed by atoms with Crippen molar-refractivity contribution in [2.75, 3.05) is 39.3 Å². The van der Waals surface area contributed by atoms with Gasteiger partial charge in [0.25, 0.3) is 0 Å². The fraction of sp³-hybridized carbons (Fsp3) is 0.650. The van der Waals surface area contributed by atoms with Gasteiger partial charge in [-0.1, -0.05) is 36.2 Å². The summed E-state index contributed by atoms with van der Waals surface area (Å²) in [7, 11) is 0. The first-order valence-electron chi connectivity index (χ1n) is 9.42. The molecule has 2 N–H and O–H groups in total. The van der Waals surface area contributed by atoms with Gasteiger partial charge in [0.1, 0.15) is 0 Å². The highest BCUT2D eigenvalue weighted by Crippen LogP contribution is 2.15. The molecular weight excluding hydrogens is 296 g/mol. The molecule has 1 aromatic carbocycles. The Bertz CT molecular complexity index is 518. The number of nitrogens with one attached hydrogen (secondary N) is 2. The summed E-state index contributed by atoms with van der Waals surface area (Å²) in [4.78, 5) is 7.31. The number of hydrogen-bond acceptors (Lipinski definition) is 2. The maximum absolute atomic E-state index is 4.80. The molecule has 134 valence electrons. The van der Waals surface area contributed by atoms with Crippen molar-refractivity contribution in [2.45, 2.75) is 40.5 Å². The molecule has 4 heteroatoms. The second-order valence-corrected chi connectivity index (χ2v) is 6.94. The molecule has 0 radical (unpaired) electrons. The molecule has 0 aliphatic carbocycles. The van der Waals surface area contributed by atoms with Crippen molar-refractivity contribution >= 4 is 5.96 Å². The minimum absolute atomic E-state index is 0.708. The predicted octanol–water partition coefficient (Wildman–Crippen LogP) is 2.74. The maximum atomic E-state index is 4.80. The van der Waals surface area contributed by atoms with E-state index in [2.05, 4.69) is 61.4 Å². The summed E-state index contributed by atoms with van der Waals surface area (Å²) in [6.07, 6.45) is 2.30. The SMILES string of the molecule is CCNC(=NCC1CCN(CC)C1)NCCc1cc(C)cc(C)c1. The quantitative estimate of drug-likeness (QED) is 0.596. The van der Waals surface area contributed by atoms with E-state index in [-0.39, 0.29) is 0 Å². The third-order valence-corrected chi connectivity index (χ3v) is 4.66. The fourth-order valence-corrected chi connectivity index (χ4v) is 3.45. The highest BCUT2D eigenvalue weighted by Gasteiger charge is 2.20. The average molecular weight is 331 g/mol. The summed E-state index contributed by atoms with van der Waals surface area (Å²) in [6.45, 7) is 15.0. The van der Waals surface area contributed by atoms with Gasteiger partial charge in [-0.3, -0.25) is 4.99 Å². The minimum atomic E-state index is 0.708. The van der Waals surface area contributed by atoms with Crippen molar-refractivity contribution in [3.63, 3.8) is 0 Å². The summed E-state index contributed by atoms with van der Waals surface area (Å²) in [5.74, 6) is 1.66. The van der Waals surface area contributed by atoms with E-state index in [0.717, 1.165) is 38.6 Å². The van der Waals surface area contributed by atoms with Crippen LogP contribution in [0.25, 0.3) is 0 Å². The van der Waals surface area contributed by atoms with Gasteiger partial charge in [0.05, 0.1) is 0 Å². The van der Waals surface area contributed by atoms with Crippen LogP contribution in [0.1, 0.15) is 37.0 Å². The molecule has 1 aromatic rings. The summed E-state index contributed by atoms with van der Waals surface area (Å²) in [5, 5.41) is 6.85. The number of guanidine groups is 1. The molecule has 0 saturated carbocycles. The van der Waals surface area contributed by atoms with Gasteiger partial charge in [0.15, 0.2) is 5.96 Å². The first-order chi connectivity index (χ1) is 11.6. The second kappa shape index (κ2) is 9.67. The molecule has 1 aliphatic rings. The Labute approximate surface area is 147 Å². The van der Waals surface area contributed by atoms with E-state index in [1.807, 2.05) is 0 Å². The number of aliphatic imine (C=N–C) groups is 1. The molecular formula is C20H34N4. The van der Waals surface area contributed by atoms with Crippen molar-refractivity contribution in [1.82, 2.24) is 15.5 Å². The van der Waals surface area contributed by atoms with Crippen LogP contribution >= 0.6 is 0 Å². The van der Waals surface area contributed by atoms with E-state index < -0.39 is 0 Å². The lowest BCUT2D eigenvalue weighted by atomic mass is 10.1. The Kier molecular flexibility index (Phi) is 7.57. The number of benzene rings is 1. The van der Waals surface area contributed by atoms with Crippen LogP contribution in [0.3, 0.4) is 0 Å². The van der Waals surface area contributed by atoms with Gasteiger partial charge in [-0.15, -0.1) is 0 Å². The van der Waals surface area contributed by atoms with Crippen LogP contribution in [0.2, 0.25) is 0 Å². The maximum Gasteiger partial charge on any atom is 0.191 e. The van der Waals surface area contributed by atoms with Gasteiger partial charge in [-0.2, -0.15) is 0 Å². The third-order valence-electron chi connectivity index (χ3n) is 4.66. The molecule has 1 heterocycles. The number of likely N-dealkylation sites (tertiary alicyclic amines) is 1. The van der Waals surface area contributed by atoms with Crippen LogP contribution in [0.15, 0.2) is 23.2 Å². The Morgan fingerprint density at radius 1 is 1.17 bits per heavy atom. The molecule has 1 fully saturated rings. The number of aryl methyl sites for hydroxylation is 2. The lowest BCUT2D eigenvalue weighted by Gasteiger charge is -2.14. The molecule has 4 nitrogen and oxygen atoms in total. The van der Waals surface area contributed by atoms with Crippen LogP contribution in [0, 0.1) is 19.8 Å². The van der Waals surface area contributed by atoms with Crippen LogP contribution < -0.4 is 10.6 Å². The molecule has 1 aliphatic heterocycles.